The molecule has 2 aromatic carbocycles. The van der Waals surface area contributed by atoms with E-state index in [1.165, 1.54) is 0 Å². The van der Waals surface area contributed by atoms with Crippen LogP contribution in [0, 0.1) is 0 Å². The average Bonchev–Trinajstić information content (AvgIpc) is 3.20. The predicted octanol–water partition coefficient (Wildman–Crippen LogP) is 3.83. The first-order valence-electron chi connectivity index (χ1n) is 9.39. The predicted molar refractivity (Wildman–Crippen MR) is 124 cm³/mol. The number of carbonyl (C=O) groups is 1. The highest BCUT2D eigenvalue weighted by Gasteiger charge is 2.17. The molecular weight excluding hydrogens is 525 g/mol. The van der Waals surface area contributed by atoms with Crippen LogP contribution in [0.5, 0.6) is 11.5 Å². The Labute approximate surface area is 202 Å². The van der Waals surface area contributed by atoms with Gasteiger partial charge in [-0.05, 0) is 34.6 Å². The molecule has 0 spiro atoms. The molecule has 170 valence electrons. The summed E-state index contributed by atoms with van der Waals surface area (Å²) in [5.74, 6) is 0.638. The number of anilines is 1. The number of nitrogen functional groups attached to an aromatic ring is 1. The molecule has 0 radical (unpaired) electrons. The van der Waals surface area contributed by atoms with Gasteiger partial charge in [-0.15, -0.1) is 0 Å². The van der Waals surface area contributed by atoms with Crippen LogP contribution >= 0.6 is 39.1 Å². The fourth-order valence-electron chi connectivity index (χ4n) is 2.77. The molecule has 4 N–H and O–H groups in total. The smallest absolute Gasteiger partial charge is 0.277 e. The van der Waals surface area contributed by atoms with Gasteiger partial charge in [-0.25, -0.2) is 4.63 Å². The van der Waals surface area contributed by atoms with E-state index in [0.29, 0.717) is 41.2 Å². The van der Waals surface area contributed by atoms with Crippen molar-refractivity contribution in [2.75, 3.05) is 25.9 Å². The Morgan fingerprint density at radius 3 is 2.72 bits per heavy atom. The molecule has 1 aromatic heterocycles. The molecule has 3 aromatic rings. The maximum atomic E-state index is 12.0. The number of hydrogen-bond donors (Lipinski definition) is 3. The molecular formula is C20H20BrCl2N5O4. The summed E-state index contributed by atoms with van der Waals surface area (Å²) >= 11 is 15.8. The number of hydrogen-bond acceptors (Lipinski definition) is 8. The molecule has 0 aliphatic rings. The molecule has 0 aliphatic heterocycles. The largest absolute Gasteiger partial charge is 0.493 e. The molecule has 0 saturated heterocycles. The molecule has 0 atom stereocenters. The number of nitrogens with one attached hydrogen (secondary N) is 2. The molecule has 0 saturated carbocycles. The van der Waals surface area contributed by atoms with Crippen molar-refractivity contribution >= 4 is 50.9 Å². The highest BCUT2D eigenvalue weighted by Crippen LogP contribution is 2.37. The van der Waals surface area contributed by atoms with Crippen LogP contribution in [0.1, 0.15) is 21.6 Å². The van der Waals surface area contributed by atoms with Gasteiger partial charge in [0.25, 0.3) is 5.91 Å². The third-order valence-corrected chi connectivity index (χ3v) is 5.72. The number of ether oxygens (including phenoxy) is 2. The second-order valence-electron chi connectivity index (χ2n) is 6.51. The molecule has 0 fully saturated rings. The molecule has 9 nitrogen and oxygen atoms in total. The molecule has 0 unspecified atom stereocenters. The Morgan fingerprint density at radius 2 is 2.03 bits per heavy atom. The Hall–Kier alpha value is -2.53. The minimum Gasteiger partial charge on any atom is -0.493 e. The summed E-state index contributed by atoms with van der Waals surface area (Å²) in [5, 5.41) is 13.8. The Kier molecular flexibility index (Phi) is 8.57. The fraction of sp³-hybridized carbons (Fsp3) is 0.250. The van der Waals surface area contributed by atoms with Crippen molar-refractivity contribution in [2.24, 2.45) is 0 Å². The van der Waals surface area contributed by atoms with Crippen molar-refractivity contribution < 1.29 is 18.9 Å². The molecule has 32 heavy (non-hydrogen) atoms. The number of carbonyl (C=O) groups excluding carboxylic acids is 1. The summed E-state index contributed by atoms with van der Waals surface area (Å²) in [6, 6.07) is 8.92. The van der Waals surface area contributed by atoms with Gasteiger partial charge in [-0.3, -0.25) is 4.79 Å². The van der Waals surface area contributed by atoms with E-state index >= 15 is 0 Å². The van der Waals surface area contributed by atoms with Crippen LogP contribution in [0.4, 0.5) is 5.82 Å². The van der Waals surface area contributed by atoms with Gasteiger partial charge in [0, 0.05) is 45.3 Å². The molecule has 3 rings (SSSR count). The standard InChI is InChI=1S/C20H20BrCl2N5O4/c1-30-16-5-4-14(21)13(18(16)31-10-11-2-3-12(22)8-15(11)23)9-25-6-7-26-20(29)17-19(24)28-32-27-17/h2-5,8,25H,6-7,9-10H2,1H3,(H2,24,28)(H,26,29). The number of nitrogens with zero attached hydrogens (tertiary/aromatic N) is 2. The summed E-state index contributed by atoms with van der Waals surface area (Å²) in [7, 11) is 1.57. The highest BCUT2D eigenvalue weighted by molar-refractivity contribution is 9.10. The maximum absolute atomic E-state index is 12.0. The van der Waals surface area contributed by atoms with Gasteiger partial charge in [0.05, 0.1) is 7.11 Å². The normalized spacial score (nSPS) is 10.8. The van der Waals surface area contributed by atoms with Crippen molar-refractivity contribution in [1.29, 1.82) is 0 Å². The molecule has 1 heterocycles. The third-order valence-electron chi connectivity index (χ3n) is 4.39. The monoisotopic (exact) mass is 543 g/mol. The summed E-state index contributed by atoms with van der Waals surface area (Å²) in [5.41, 5.74) is 7.11. The lowest BCUT2D eigenvalue weighted by molar-refractivity contribution is 0.0944. The van der Waals surface area contributed by atoms with Gasteiger partial charge in [-0.2, -0.15) is 0 Å². The van der Waals surface area contributed by atoms with Crippen molar-refractivity contribution in [3.05, 3.63) is 61.7 Å². The Bertz CT molecular complexity index is 1100. The van der Waals surface area contributed by atoms with Crippen LogP contribution < -0.4 is 25.8 Å². The van der Waals surface area contributed by atoms with E-state index < -0.39 is 5.91 Å². The number of benzene rings is 2. The number of halogens is 3. The third kappa shape index (κ3) is 6.04. The number of rotatable bonds is 10. The zero-order valence-electron chi connectivity index (χ0n) is 17.0. The second-order valence-corrected chi connectivity index (χ2v) is 8.21. The van der Waals surface area contributed by atoms with Gasteiger partial charge < -0.3 is 25.8 Å². The van der Waals surface area contributed by atoms with Crippen LogP contribution in [0.25, 0.3) is 0 Å². The van der Waals surface area contributed by atoms with Gasteiger partial charge >= 0.3 is 0 Å². The minimum atomic E-state index is -0.461. The van der Waals surface area contributed by atoms with E-state index in [1.807, 2.05) is 18.2 Å². The van der Waals surface area contributed by atoms with E-state index in [9.17, 15) is 4.79 Å². The minimum absolute atomic E-state index is 0.0444. The van der Waals surface area contributed by atoms with Gasteiger partial charge in [0.2, 0.25) is 11.5 Å². The summed E-state index contributed by atoms with van der Waals surface area (Å²) in [4.78, 5) is 12.0. The second kappa shape index (κ2) is 11.4. The van der Waals surface area contributed by atoms with Gasteiger partial charge in [-0.1, -0.05) is 45.2 Å². The number of aromatic nitrogens is 2. The van der Waals surface area contributed by atoms with Crippen LogP contribution in [0.15, 0.2) is 39.4 Å². The van der Waals surface area contributed by atoms with Crippen LogP contribution in [-0.4, -0.2) is 36.4 Å². The van der Waals surface area contributed by atoms with Crippen molar-refractivity contribution in [3.8, 4) is 11.5 Å². The number of amides is 1. The van der Waals surface area contributed by atoms with E-state index in [0.717, 1.165) is 15.6 Å². The highest BCUT2D eigenvalue weighted by atomic mass is 79.9. The maximum Gasteiger partial charge on any atom is 0.277 e. The molecule has 1 amide bonds. The lowest BCUT2D eigenvalue weighted by Crippen LogP contribution is -2.32. The number of methoxy groups -OCH3 is 1. The average molecular weight is 545 g/mol. The van der Waals surface area contributed by atoms with Gasteiger partial charge in [0.15, 0.2) is 11.5 Å². The molecule has 12 heteroatoms. The first-order chi connectivity index (χ1) is 15.4. The summed E-state index contributed by atoms with van der Waals surface area (Å²) in [6.07, 6.45) is 0. The quantitative estimate of drug-likeness (QED) is 0.329. The first kappa shape index (κ1) is 24.1. The van der Waals surface area contributed by atoms with Crippen molar-refractivity contribution in [2.45, 2.75) is 13.2 Å². The van der Waals surface area contributed by atoms with E-state index in [-0.39, 0.29) is 18.1 Å². The first-order valence-corrected chi connectivity index (χ1v) is 10.9. The zero-order valence-corrected chi connectivity index (χ0v) is 20.1. The van der Waals surface area contributed by atoms with E-state index in [1.54, 1.807) is 19.2 Å². The van der Waals surface area contributed by atoms with Crippen molar-refractivity contribution in [1.82, 2.24) is 20.9 Å². The van der Waals surface area contributed by atoms with Crippen LogP contribution in [0.2, 0.25) is 10.0 Å². The number of nitrogens with two attached hydrogens (primary N) is 1. The van der Waals surface area contributed by atoms with E-state index in [4.69, 9.17) is 38.4 Å². The lowest BCUT2D eigenvalue weighted by Gasteiger charge is -2.18. The van der Waals surface area contributed by atoms with E-state index in [2.05, 4.69) is 41.5 Å². The van der Waals surface area contributed by atoms with Gasteiger partial charge in [0.1, 0.15) is 6.61 Å². The van der Waals surface area contributed by atoms with Crippen LogP contribution in [0.3, 0.4) is 0 Å². The zero-order chi connectivity index (χ0) is 23.1. The lowest BCUT2D eigenvalue weighted by atomic mass is 10.1. The fourth-order valence-corrected chi connectivity index (χ4v) is 3.68. The Morgan fingerprint density at radius 1 is 1.22 bits per heavy atom. The molecule has 0 bridgehead atoms. The summed E-state index contributed by atoms with van der Waals surface area (Å²) < 4.78 is 16.8. The van der Waals surface area contributed by atoms with Crippen LogP contribution in [-0.2, 0) is 13.2 Å². The topological polar surface area (TPSA) is 125 Å². The van der Waals surface area contributed by atoms with Crippen molar-refractivity contribution in [3.63, 3.8) is 0 Å². The summed E-state index contributed by atoms with van der Waals surface area (Å²) in [6.45, 7) is 1.50. The SMILES string of the molecule is COc1ccc(Br)c(CNCCNC(=O)c2nonc2N)c1OCc1ccc(Cl)cc1Cl. The Balaban J connectivity index is 1.61. The molecule has 0 aliphatic carbocycles.